The predicted octanol–water partition coefficient (Wildman–Crippen LogP) is 0.878. The minimum atomic E-state index is -0.575. The molecule has 1 aromatic heterocycles. The number of thiocarbonyl (C=S) groups is 1. The van der Waals surface area contributed by atoms with Gasteiger partial charge in [-0.1, -0.05) is 18.6 Å². The summed E-state index contributed by atoms with van der Waals surface area (Å²) in [5.74, 6) is -0.401. The van der Waals surface area contributed by atoms with Gasteiger partial charge in [-0.25, -0.2) is 4.98 Å². The number of nitrogens with two attached hydrogens (primary N) is 1. The number of carbonyl (C=O) groups is 1. The van der Waals surface area contributed by atoms with Gasteiger partial charge in [0.25, 0.3) is 0 Å². The number of imidazole rings is 1. The summed E-state index contributed by atoms with van der Waals surface area (Å²) in [6.07, 6.45) is 6.98. The highest BCUT2D eigenvalue weighted by molar-refractivity contribution is 7.80. The van der Waals surface area contributed by atoms with E-state index in [2.05, 4.69) is 10.3 Å². The van der Waals surface area contributed by atoms with Crippen molar-refractivity contribution in [1.82, 2.24) is 14.9 Å². The molecule has 1 saturated carbocycles. The zero-order chi connectivity index (χ0) is 15.5. The number of hydrogen-bond acceptors (Lipinski definition) is 5. The third-order valence-electron chi connectivity index (χ3n) is 4.04. The number of rotatable bonds is 4. The van der Waals surface area contributed by atoms with E-state index >= 15 is 0 Å². The van der Waals surface area contributed by atoms with Gasteiger partial charge in [0, 0.05) is 13.2 Å². The molecular formula is C14H22N4O2S. The van der Waals surface area contributed by atoms with E-state index in [0.29, 0.717) is 4.99 Å². The van der Waals surface area contributed by atoms with Crippen LogP contribution in [0.1, 0.15) is 31.4 Å². The maximum absolute atomic E-state index is 11.7. The lowest BCUT2D eigenvalue weighted by Gasteiger charge is -2.44. The molecule has 1 aliphatic carbocycles. The molecule has 6 nitrogen and oxygen atoms in total. The molecule has 0 aromatic carbocycles. The summed E-state index contributed by atoms with van der Waals surface area (Å²) in [6, 6.07) is 0. The minimum Gasteiger partial charge on any atom is -0.458 e. The fourth-order valence-corrected chi connectivity index (χ4v) is 3.35. The molecule has 1 aromatic rings. The molecule has 0 saturated heterocycles. The number of ether oxygens (including phenoxy) is 1. The van der Waals surface area contributed by atoms with Gasteiger partial charge in [-0.2, -0.15) is 0 Å². The monoisotopic (exact) mass is 310 g/mol. The Morgan fingerprint density at radius 3 is 3.00 bits per heavy atom. The largest absolute Gasteiger partial charge is 0.458 e. The number of nitrogens with zero attached hydrogens (tertiary/aromatic N) is 2. The van der Waals surface area contributed by atoms with Gasteiger partial charge >= 0.3 is 5.97 Å². The van der Waals surface area contributed by atoms with Crippen LogP contribution in [-0.2, 0) is 15.1 Å². The van der Waals surface area contributed by atoms with E-state index in [9.17, 15) is 4.79 Å². The molecule has 0 spiro atoms. The van der Waals surface area contributed by atoms with E-state index in [1.807, 2.05) is 17.7 Å². The van der Waals surface area contributed by atoms with Crippen molar-refractivity contribution in [2.75, 3.05) is 13.6 Å². The first-order chi connectivity index (χ1) is 10.0. The molecule has 2 atom stereocenters. The summed E-state index contributed by atoms with van der Waals surface area (Å²) in [4.78, 5) is 16.6. The number of hydrogen-bond donors (Lipinski definition) is 2. The first-order valence-electron chi connectivity index (χ1n) is 7.17. The maximum atomic E-state index is 11.7. The Morgan fingerprint density at radius 1 is 1.67 bits per heavy atom. The molecule has 0 amide bonds. The van der Waals surface area contributed by atoms with Crippen LogP contribution in [-0.4, -0.2) is 40.2 Å². The molecule has 21 heavy (non-hydrogen) atoms. The van der Waals surface area contributed by atoms with Crippen LogP contribution >= 0.6 is 12.2 Å². The van der Waals surface area contributed by atoms with Crippen molar-refractivity contribution in [1.29, 1.82) is 0 Å². The van der Waals surface area contributed by atoms with Crippen molar-refractivity contribution in [3.63, 3.8) is 0 Å². The summed E-state index contributed by atoms with van der Waals surface area (Å²) >= 11 is 5.56. The Kier molecular flexibility index (Phi) is 4.95. The third-order valence-corrected chi connectivity index (χ3v) is 4.60. The summed E-state index contributed by atoms with van der Waals surface area (Å²) in [6.45, 7) is 1.80. The summed E-state index contributed by atoms with van der Waals surface area (Å²) in [7, 11) is 1.80. The highest BCUT2D eigenvalue weighted by Gasteiger charge is 2.48. The van der Waals surface area contributed by atoms with Crippen molar-refractivity contribution in [2.45, 2.75) is 44.2 Å². The van der Waals surface area contributed by atoms with Gasteiger partial charge in [0.2, 0.25) is 0 Å². The Bertz CT molecular complexity index is 531. The molecule has 1 fully saturated rings. The number of aryl methyl sites for hydroxylation is 1. The lowest BCUT2D eigenvalue weighted by molar-refractivity contribution is -0.153. The normalized spacial score (nSPS) is 25.4. The zero-order valence-electron chi connectivity index (χ0n) is 12.5. The smallest absolute Gasteiger partial charge is 0.320 e. The molecule has 0 bridgehead atoms. The average molecular weight is 310 g/mol. The molecule has 0 aliphatic heterocycles. The standard InChI is InChI=1S/C14H22N4O2S/c1-10-8-18(9-17-10)14(13(21)16-2)6-4-3-5-11(14)20-12(19)7-15/h8-9,11H,3-7,15H2,1-2H3,(H,16,21). The van der Waals surface area contributed by atoms with Gasteiger partial charge in [0.15, 0.2) is 0 Å². The highest BCUT2D eigenvalue weighted by Crippen LogP contribution is 2.38. The Balaban J connectivity index is 2.44. The second-order valence-electron chi connectivity index (χ2n) is 5.35. The van der Waals surface area contributed by atoms with Crippen LogP contribution in [0.15, 0.2) is 12.5 Å². The number of nitrogens with one attached hydrogen (secondary N) is 1. The van der Waals surface area contributed by atoms with E-state index < -0.39 is 11.5 Å². The fourth-order valence-electron chi connectivity index (χ4n) is 3.02. The Morgan fingerprint density at radius 2 is 2.43 bits per heavy atom. The van der Waals surface area contributed by atoms with Crippen molar-refractivity contribution < 1.29 is 9.53 Å². The first-order valence-corrected chi connectivity index (χ1v) is 7.58. The number of aromatic nitrogens is 2. The summed E-state index contributed by atoms with van der Waals surface area (Å²) in [5, 5.41) is 3.06. The third kappa shape index (κ3) is 2.94. The second-order valence-corrected chi connectivity index (χ2v) is 5.76. The molecule has 0 radical (unpaired) electrons. The van der Waals surface area contributed by atoms with Crippen LogP contribution in [0.25, 0.3) is 0 Å². The molecule has 3 N–H and O–H groups in total. The van der Waals surface area contributed by atoms with Crippen LogP contribution in [0, 0.1) is 6.92 Å². The molecular weight excluding hydrogens is 288 g/mol. The van der Waals surface area contributed by atoms with E-state index in [4.69, 9.17) is 22.7 Å². The van der Waals surface area contributed by atoms with Gasteiger partial charge in [-0.3, -0.25) is 4.79 Å². The molecule has 1 heterocycles. The van der Waals surface area contributed by atoms with Gasteiger partial charge in [-0.15, -0.1) is 0 Å². The highest BCUT2D eigenvalue weighted by atomic mass is 32.1. The van der Waals surface area contributed by atoms with Gasteiger partial charge in [0.1, 0.15) is 16.6 Å². The maximum Gasteiger partial charge on any atom is 0.320 e. The van der Waals surface area contributed by atoms with Crippen LogP contribution in [0.5, 0.6) is 0 Å². The molecule has 7 heteroatoms. The fraction of sp³-hybridized carbons (Fsp3) is 0.643. The first kappa shape index (κ1) is 15.9. The van der Waals surface area contributed by atoms with Gasteiger partial charge in [-0.05, 0) is 26.2 Å². The zero-order valence-corrected chi connectivity index (χ0v) is 13.3. The van der Waals surface area contributed by atoms with Gasteiger partial charge in [0.05, 0.1) is 18.6 Å². The van der Waals surface area contributed by atoms with E-state index in [-0.39, 0.29) is 12.6 Å². The Hall–Kier alpha value is -1.47. The van der Waals surface area contributed by atoms with Crippen LogP contribution in [0.3, 0.4) is 0 Å². The SMILES string of the molecule is CNC(=S)C1(n2cnc(C)c2)CCCCC1OC(=O)CN. The van der Waals surface area contributed by atoms with Crippen molar-refractivity contribution in [3.8, 4) is 0 Å². The number of likely N-dealkylation sites (N-methyl/N-ethyl adjacent to an activating group) is 1. The topological polar surface area (TPSA) is 82.2 Å². The van der Waals surface area contributed by atoms with Crippen molar-refractivity contribution >= 4 is 23.2 Å². The van der Waals surface area contributed by atoms with Crippen molar-refractivity contribution in [3.05, 3.63) is 18.2 Å². The molecule has 2 unspecified atom stereocenters. The van der Waals surface area contributed by atoms with E-state index in [0.717, 1.165) is 31.4 Å². The minimum absolute atomic E-state index is 0.123. The predicted molar refractivity (Wildman–Crippen MR) is 84.0 cm³/mol. The van der Waals surface area contributed by atoms with E-state index in [1.54, 1.807) is 13.4 Å². The molecule has 2 rings (SSSR count). The van der Waals surface area contributed by atoms with Gasteiger partial charge < -0.3 is 20.4 Å². The van der Waals surface area contributed by atoms with Crippen molar-refractivity contribution in [2.24, 2.45) is 5.73 Å². The summed E-state index contributed by atoms with van der Waals surface area (Å²) in [5.41, 5.74) is 5.72. The molecule has 1 aliphatic rings. The lowest BCUT2D eigenvalue weighted by Crippen LogP contribution is -2.57. The van der Waals surface area contributed by atoms with Crippen LogP contribution in [0.4, 0.5) is 0 Å². The number of esters is 1. The lowest BCUT2D eigenvalue weighted by atomic mass is 9.78. The quantitative estimate of drug-likeness (QED) is 0.634. The average Bonchev–Trinajstić information content (AvgIpc) is 2.93. The number of carbonyl (C=O) groups excluding carboxylic acids is 1. The molecule has 116 valence electrons. The second kappa shape index (κ2) is 6.53. The van der Waals surface area contributed by atoms with E-state index in [1.165, 1.54) is 0 Å². The van der Waals surface area contributed by atoms with Crippen LogP contribution < -0.4 is 11.1 Å². The van der Waals surface area contributed by atoms with Crippen LogP contribution in [0.2, 0.25) is 0 Å². The Labute approximate surface area is 130 Å². The summed E-state index contributed by atoms with van der Waals surface area (Å²) < 4.78 is 7.58.